The van der Waals surface area contributed by atoms with Crippen molar-refractivity contribution < 1.29 is 60.7 Å². The van der Waals surface area contributed by atoms with Crippen LogP contribution in [0.2, 0.25) is 0 Å². The molecule has 0 unspecified atom stereocenters. The van der Waals surface area contributed by atoms with Gasteiger partial charge in [-0.2, -0.15) is 47.3 Å². The molecule has 29 nitrogen and oxygen atoms in total. The van der Waals surface area contributed by atoms with Crippen molar-refractivity contribution >= 4 is 104 Å². The lowest BCUT2D eigenvalue weighted by Crippen LogP contribution is -2.18. The molecule has 0 radical (unpaired) electrons. The molecular weight excluding hydrogens is 1220 g/mol. The van der Waals surface area contributed by atoms with Gasteiger partial charge in [0.2, 0.25) is 17.7 Å². The van der Waals surface area contributed by atoms with Gasteiger partial charge in [-0.05, 0) is 55.7 Å². The standard InChI is InChI=1S/C21H21F3N6O3.C21H24N6O4.C19H19N7O3/c1-25-17-9-16(29-20-14(10-26-30(17)20)28-18(31)6-11-2-3-11)27-13-7-12(21(22,23)24)8-15-19(13)33-5-4-32-15;1-22-18-10-17(24-14-8-13(29-2)9-16-20(14)31-6-5-30-16)26-21-15(11-23-27(18)21)25-19(28)7-12-3-4-12;1-3-17(27)24-13-10-22-26-16(21-2)8-15(25-19(13)26)23-12-6-11(9-20)7-14-18(12)29-5-4-28-14/h7-11,25H,2-6H2,1H3,(H,27,29)(H,28,31);8-12,22H,3-7H2,1-2H3,(H,24,26)(H,25,28);6-8,10,21H,3-5H2,1-2H3,(H,23,25)(H,24,27). The monoisotopic (exact) mass is 1280 g/mol. The first kappa shape index (κ1) is 61.8. The molecule has 9 aromatic rings. The summed E-state index contributed by atoms with van der Waals surface area (Å²) in [6, 6.07) is 16.1. The summed E-state index contributed by atoms with van der Waals surface area (Å²) in [5.74, 6) is 6.87. The Kier molecular flexibility index (Phi) is 17.7. The van der Waals surface area contributed by atoms with Crippen molar-refractivity contribution in [3.63, 3.8) is 0 Å². The number of nitrogens with one attached hydrogen (secondary N) is 9. The molecule has 484 valence electrons. The van der Waals surface area contributed by atoms with E-state index in [0.29, 0.717) is 166 Å². The van der Waals surface area contributed by atoms with Crippen molar-refractivity contribution in [2.75, 3.05) is 116 Å². The smallest absolute Gasteiger partial charge is 0.416 e. The molecule has 3 amide bonds. The highest BCUT2D eigenvalue weighted by Crippen LogP contribution is 2.46. The quantitative estimate of drug-likeness (QED) is 0.0386. The van der Waals surface area contributed by atoms with Crippen LogP contribution in [0.1, 0.15) is 63.0 Å². The Labute approximate surface area is 528 Å². The van der Waals surface area contributed by atoms with Crippen LogP contribution in [0.5, 0.6) is 40.2 Å². The Hall–Kier alpha value is -11.4. The van der Waals surface area contributed by atoms with E-state index in [1.807, 2.05) is 12.1 Å². The number of hydrogen-bond donors (Lipinski definition) is 9. The van der Waals surface area contributed by atoms with Gasteiger partial charge in [0.15, 0.2) is 51.4 Å². The number of carbonyl (C=O) groups excluding carboxylic acids is 3. The molecule has 0 bridgehead atoms. The summed E-state index contributed by atoms with van der Waals surface area (Å²) in [6.07, 6.45) is 5.73. The number of amides is 3. The maximum absolute atomic E-state index is 13.4. The Bertz CT molecular complexity index is 4370. The highest BCUT2D eigenvalue weighted by Gasteiger charge is 2.35. The van der Waals surface area contributed by atoms with Crippen molar-refractivity contribution in [1.29, 1.82) is 5.26 Å². The number of benzene rings is 3. The molecule has 9 N–H and O–H groups in total. The third-order valence-corrected chi connectivity index (χ3v) is 15.0. The van der Waals surface area contributed by atoms with Crippen molar-refractivity contribution in [3.05, 3.63) is 84.3 Å². The molecule has 32 heteroatoms. The number of alkyl halides is 3. The van der Waals surface area contributed by atoms with Crippen LogP contribution in [0.3, 0.4) is 0 Å². The van der Waals surface area contributed by atoms with Crippen LogP contribution >= 0.6 is 0 Å². The molecule has 3 aliphatic heterocycles. The summed E-state index contributed by atoms with van der Waals surface area (Å²) in [5, 5.41) is 49.3. The van der Waals surface area contributed by atoms with E-state index in [0.717, 1.165) is 37.8 Å². The molecule has 93 heavy (non-hydrogen) atoms. The van der Waals surface area contributed by atoms with Gasteiger partial charge in [-0.1, -0.05) is 6.92 Å². The van der Waals surface area contributed by atoms with E-state index in [2.05, 4.69) is 84.2 Å². The van der Waals surface area contributed by atoms with Crippen molar-refractivity contribution in [2.45, 2.75) is 58.0 Å². The van der Waals surface area contributed by atoms with Crippen LogP contribution in [-0.2, 0) is 20.6 Å². The Morgan fingerprint density at radius 1 is 0.538 bits per heavy atom. The molecule has 2 aliphatic carbocycles. The molecule has 2 saturated carbocycles. The minimum atomic E-state index is -4.57. The van der Waals surface area contributed by atoms with Crippen LogP contribution in [0.25, 0.3) is 16.9 Å². The lowest BCUT2D eigenvalue weighted by atomic mass is 10.1. The molecule has 0 atom stereocenters. The molecule has 9 heterocycles. The highest BCUT2D eigenvalue weighted by molar-refractivity contribution is 5.96. The van der Waals surface area contributed by atoms with Gasteiger partial charge in [0, 0.05) is 76.8 Å². The first-order chi connectivity index (χ1) is 45.1. The van der Waals surface area contributed by atoms with Gasteiger partial charge in [0.05, 0.1) is 60.0 Å². The van der Waals surface area contributed by atoms with Crippen LogP contribution in [0.15, 0.2) is 73.2 Å². The van der Waals surface area contributed by atoms with E-state index in [1.165, 1.54) is 10.7 Å². The zero-order valence-electron chi connectivity index (χ0n) is 51.0. The number of methoxy groups -OCH3 is 1. The van der Waals surface area contributed by atoms with Gasteiger partial charge in [-0.3, -0.25) is 14.4 Å². The molecule has 5 aliphatic rings. The van der Waals surface area contributed by atoms with Crippen LogP contribution in [-0.4, -0.2) is 129 Å². The average molecular weight is 1280 g/mol. The fourth-order valence-electron chi connectivity index (χ4n) is 10.2. The zero-order valence-corrected chi connectivity index (χ0v) is 51.0. The third kappa shape index (κ3) is 14.0. The lowest BCUT2D eigenvalue weighted by Gasteiger charge is -2.23. The van der Waals surface area contributed by atoms with E-state index >= 15 is 0 Å². The third-order valence-electron chi connectivity index (χ3n) is 15.0. The van der Waals surface area contributed by atoms with Gasteiger partial charge in [-0.25, -0.2) is 15.0 Å². The van der Waals surface area contributed by atoms with Gasteiger partial charge in [-0.15, -0.1) is 0 Å². The van der Waals surface area contributed by atoms with E-state index in [9.17, 15) is 32.8 Å². The number of nitriles is 1. The largest absolute Gasteiger partial charge is 0.497 e. The summed E-state index contributed by atoms with van der Waals surface area (Å²) in [5.41, 5.74) is 3.70. The number of carbonyl (C=O) groups is 3. The number of nitrogens with zero attached hydrogens (tertiary/aromatic N) is 10. The summed E-state index contributed by atoms with van der Waals surface area (Å²) in [7, 11) is 6.84. The van der Waals surface area contributed by atoms with Gasteiger partial charge in [0.1, 0.15) is 97.4 Å². The zero-order chi connectivity index (χ0) is 64.9. The fraction of sp³-hybridized carbons (Fsp3) is 0.344. The summed E-state index contributed by atoms with van der Waals surface area (Å²) in [4.78, 5) is 50.2. The summed E-state index contributed by atoms with van der Waals surface area (Å²) >= 11 is 0. The van der Waals surface area contributed by atoms with Crippen molar-refractivity contribution in [3.8, 4) is 46.3 Å². The van der Waals surface area contributed by atoms with Crippen LogP contribution in [0, 0.1) is 23.2 Å². The second-order valence-electron chi connectivity index (χ2n) is 21.8. The Balaban J connectivity index is 0.000000134. The minimum absolute atomic E-state index is 0.00544. The molecule has 2 fully saturated rings. The number of aromatic nitrogens is 9. The predicted molar refractivity (Wildman–Crippen MR) is 337 cm³/mol. The summed E-state index contributed by atoms with van der Waals surface area (Å²) in [6.45, 7) is 3.91. The second-order valence-corrected chi connectivity index (χ2v) is 21.8. The number of fused-ring (bicyclic) bond motifs is 6. The normalized spacial score (nSPS) is 14.3. The lowest BCUT2D eigenvalue weighted by molar-refractivity contribution is -0.137. The minimum Gasteiger partial charge on any atom is -0.497 e. The maximum atomic E-state index is 13.4. The van der Waals surface area contributed by atoms with E-state index < -0.39 is 11.7 Å². The van der Waals surface area contributed by atoms with Crippen LogP contribution < -0.4 is 81.0 Å². The SMILES string of the molecule is CCC(=O)Nc1cnn2c(NC)cc(Nc3cc(C#N)cc4c3OCCO4)nc12.CNc1cc(Nc2cc(C(F)(F)F)cc3c2OCCO3)nc2c(NC(=O)CC3CC3)cnn12.CNc1cc(Nc2cc(OC)cc3c2OCCO3)nc2c(NC(=O)CC3CC3)cnn12. The molecule has 14 rings (SSSR count). The molecule has 0 saturated heterocycles. The highest BCUT2D eigenvalue weighted by atomic mass is 19.4. The first-order valence-corrected chi connectivity index (χ1v) is 29.8. The Morgan fingerprint density at radius 2 is 0.925 bits per heavy atom. The number of hydrogen-bond acceptors (Lipinski definition) is 23. The van der Waals surface area contributed by atoms with Crippen molar-refractivity contribution in [2.24, 2.45) is 11.8 Å². The van der Waals surface area contributed by atoms with Crippen molar-refractivity contribution in [1.82, 2.24) is 43.8 Å². The van der Waals surface area contributed by atoms with Gasteiger partial charge < -0.3 is 81.0 Å². The predicted octanol–water partition coefficient (Wildman–Crippen LogP) is 9.58. The average Bonchev–Trinajstić information content (AvgIpc) is 1.68. The Morgan fingerprint density at radius 3 is 1.31 bits per heavy atom. The van der Waals surface area contributed by atoms with Crippen LogP contribution in [0.4, 0.5) is 82.2 Å². The van der Waals surface area contributed by atoms with E-state index in [1.54, 1.807) is 86.9 Å². The molecular formula is C61H64F3N19O10. The van der Waals surface area contributed by atoms with Gasteiger partial charge >= 0.3 is 6.18 Å². The number of rotatable bonds is 18. The van der Waals surface area contributed by atoms with E-state index in [4.69, 9.17) is 33.2 Å². The number of anilines is 12. The maximum Gasteiger partial charge on any atom is 0.416 e. The molecule has 3 aromatic carbocycles. The topological polar surface area (TPSA) is 338 Å². The first-order valence-electron chi connectivity index (χ1n) is 29.8. The fourth-order valence-corrected chi connectivity index (χ4v) is 10.2. The summed E-state index contributed by atoms with van der Waals surface area (Å²) < 4.78 is 84.2. The number of halogens is 3. The molecule has 6 aromatic heterocycles. The van der Waals surface area contributed by atoms with E-state index in [-0.39, 0.29) is 53.9 Å². The van der Waals surface area contributed by atoms with Gasteiger partial charge in [0.25, 0.3) is 0 Å². The second kappa shape index (κ2) is 26.6. The molecule has 0 spiro atoms. The number of ether oxygens (including phenoxy) is 7.